The average molecular weight is 293 g/mol. The summed E-state index contributed by atoms with van der Waals surface area (Å²) in [6.07, 6.45) is 5.77. The van der Waals surface area contributed by atoms with E-state index < -0.39 is 0 Å². The molecule has 0 saturated carbocycles. The van der Waals surface area contributed by atoms with Gasteiger partial charge in [0.05, 0.1) is 10.4 Å². The molecule has 1 aliphatic carbocycles. The van der Waals surface area contributed by atoms with E-state index in [1.54, 1.807) is 17.5 Å². The van der Waals surface area contributed by atoms with Gasteiger partial charge in [0, 0.05) is 22.9 Å². The Kier molecular flexibility index (Phi) is 3.08. The Hall–Kier alpha value is -2.00. The average Bonchev–Trinajstić information content (AvgIpc) is 3.09. The Morgan fingerprint density at radius 3 is 3.00 bits per heavy atom. The van der Waals surface area contributed by atoms with E-state index in [0.717, 1.165) is 34.2 Å². The van der Waals surface area contributed by atoms with Gasteiger partial charge in [-0.25, -0.2) is 0 Å². The van der Waals surface area contributed by atoms with Crippen molar-refractivity contribution in [3.63, 3.8) is 0 Å². The molecule has 2 nitrogen and oxygen atoms in total. The minimum atomic E-state index is 0.228. The van der Waals surface area contributed by atoms with Crippen LogP contribution in [0.25, 0.3) is 10.9 Å². The molecular formula is C18H15NOS. The molecule has 0 spiro atoms. The van der Waals surface area contributed by atoms with Crippen molar-refractivity contribution in [3.8, 4) is 0 Å². The van der Waals surface area contributed by atoms with Crippen molar-refractivity contribution in [1.29, 1.82) is 0 Å². The number of para-hydroxylation sites is 1. The minimum absolute atomic E-state index is 0.228. The molecule has 0 N–H and O–H groups in total. The third-order valence-corrected chi connectivity index (χ3v) is 5.39. The third kappa shape index (κ3) is 2.28. The number of benzene rings is 1. The zero-order valence-electron chi connectivity index (χ0n) is 11.6. The van der Waals surface area contributed by atoms with Crippen LogP contribution in [0.2, 0.25) is 0 Å². The number of pyridine rings is 1. The summed E-state index contributed by atoms with van der Waals surface area (Å²) in [6, 6.07) is 12.1. The van der Waals surface area contributed by atoms with E-state index in [1.807, 2.05) is 30.3 Å². The molecule has 2 heterocycles. The number of carbonyl (C=O) groups is 1. The van der Waals surface area contributed by atoms with Gasteiger partial charge in [-0.3, -0.25) is 9.78 Å². The van der Waals surface area contributed by atoms with Gasteiger partial charge in [-0.1, -0.05) is 18.2 Å². The number of ketones is 1. The number of fused-ring (bicyclic) bond motifs is 2. The van der Waals surface area contributed by atoms with Crippen LogP contribution in [0.15, 0.2) is 42.6 Å². The second-order valence-corrected chi connectivity index (χ2v) is 6.64. The van der Waals surface area contributed by atoms with Crippen LogP contribution in [-0.2, 0) is 19.3 Å². The number of aromatic nitrogens is 1. The normalized spacial score (nSPS) is 13.5. The summed E-state index contributed by atoms with van der Waals surface area (Å²) in [7, 11) is 0. The van der Waals surface area contributed by atoms with E-state index in [2.05, 4.69) is 11.1 Å². The number of hydrogen-bond donors (Lipinski definition) is 0. The number of rotatable bonds is 3. The predicted octanol–water partition coefficient (Wildman–Crippen LogP) is 4.21. The summed E-state index contributed by atoms with van der Waals surface area (Å²) in [6.45, 7) is 0. The second kappa shape index (κ2) is 5.08. The highest BCUT2D eigenvalue weighted by Gasteiger charge is 2.19. The first-order chi connectivity index (χ1) is 10.3. The summed E-state index contributed by atoms with van der Waals surface area (Å²) < 4.78 is 0. The first-order valence-corrected chi connectivity index (χ1v) is 8.10. The molecule has 21 heavy (non-hydrogen) atoms. The molecule has 0 fully saturated rings. The standard InChI is InChI=1S/C18H15NOS/c20-16(18-11-13-4-3-7-17(13)21-18)10-12-8-9-19-15-6-2-1-5-14(12)15/h1-2,5-6,8-9,11H,3-4,7,10H2. The molecule has 1 aliphatic rings. The number of hydrogen-bond acceptors (Lipinski definition) is 3. The first kappa shape index (κ1) is 12.7. The van der Waals surface area contributed by atoms with Crippen molar-refractivity contribution in [2.75, 3.05) is 0 Å². The molecular weight excluding hydrogens is 278 g/mol. The highest BCUT2D eigenvalue weighted by atomic mass is 32.1. The minimum Gasteiger partial charge on any atom is -0.293 e. The molecule has 0 saturated heterocycles. The maximum absolute atomic E-state index is 12.6. The van der Waals surface area contributed by atoms with Crippen molar-refractivity contribution < 1.29 is 4.79 Å². The summed E-state index contributed by atoms with van der Waals surface area (Å²) >= 11 is 1.69. The highest BCUT2D eigenvalue weighted by Crippen LogP contribution is 2.31. The summed E-state index contributed by atoms with van der Waals surface area (Å²) in [5.74, 6) is 0.228. The topological polar surface area (TPSA) is 30.0 Å². The quantitative estimate of drug-likeness (QED) is 0.677. The molecule has 4 rings (SSSR count). The lowest BCUT2D eigenvalue weighted by Gasteiger charge is -2.04. The summed E-state index contributed by atoms with van der Waals surface area (Å²) in [5, 5.41) is 1.08. The van der Waals surface area contributed by atoms with E-state index in [-0.39, 0.29) is 5.78 Å². The SMILES string of the molecule is O=C(Cc1ccnc2ccccc12)c1cc2c(s1)CCC2. The predicted molar refractivity (Wildman–Crippen MR) is 86.1 cm³/mol. The molecule has 0 atom stereocenters. The maximum atomic E-state index is 12.6. The zero-order chi connectivity index (χ0) is 14.2. The van der Waals surface area contributed by atoms with Crippen LogP contribution >= 0.6 is 11.3 Å². The fourth-order valence-corrected chi connectivity index (χ4v) is 4.23. The lowest BCUT2D eigenvalue weighted by molar-refractivity contribution is 0.0997. The largest absolute Gasteiger partial charge is 0.293 e. The molecule has 0 bridgehead atoms. The molecule has 3 heteroatoms. The van der Waals surface area contributed by atoms with Gasteiger partial charge in [0.25, 0.3) is 0 Å². The van der Waals surface area contributed by atoms with Gasteiger partial charge in [-0.15, -0.1) is 11.3 Å². The molecule has 0 amide bonds. The fraction of sp³-hybridized carbons (Fsp3) is 0.222. The van der Waals surface area contributed by atoms with Gasteiger partial charge in [0.15, 0.2) is 5.78 Å². The fourth-order valence-electron chi connectivity index (χ4n) is 3.04. The van der Waals surface area contributed by atoms with E-state index >= 15 is 0 Å². The molecule has 104 valence electrons. The maximum Gasteiger partial charge on any atom is 0.177 e. The summed E-state index contributed by atoms with van der Waals surface area (Å²) in [5.41, 5.74) is 3.42. The van der Waals surface area contributed by atoms with E-state index in [9.17, 15) is 4.79 Å². The Balaban J connectivity index is 1.66. The van der Waals surface area contributed by atoms with Gasteiger partial charge in [-0.2, -0.15) is 0 Å². The molecule has 2 aromatic heterocycles. The number of thiophene rings is 1. The van der Waals surface area contributed by atoms with Gasteiger partial charge in [0.2, 0.25) is 0 Å². The molecule has 1 aromatic carbocycles. The molecule has 3 aromatic rings. The van der Waals surface area contributed by atoms with Crippen LogP contribution < -0.4 is 0 Å². The van der Waals surface area contributed by atoms with Gasteiger partial charge in [0.1, 0.15) is 0 Å². The smallest absolute Gasteiger partial charge is 0.177 e. The lowest BCUT2D eigenvalue weighted by atomic mass is 10.0. The van der Waals surface area contributed by atoms with Crippen LogP contribution in [0.5, 0.6) is 0 Å². The Bertz CT molecular complexity index is 807. The molecule has 0 radical (unpaired) electrons. The van der Waals surface area contributed by atoms with Gasteiger partial charge in [-0.05, 0) is 48.6 Å². The lowest BCUT2D eigenvalue weighted by Crippen LogP contribution is -2.02. The first-order valence-electron chi connectivity index (χ1n) is 7.29. The van der Waals surface area contributed by atoms with E-state index in [1.165, 1.54) is 16.9 Å². The highest BCUT2D eigenvalue weighted by molar-refractivity contribution is 7.14. The summed E-state index contributed by atoms with van der Waals surface area (Å²) in [4.78, 5) is 19.2. The van der Waals surface area contributed by atoms with Crippen LogP contribution in [0.1, 0.15) is 32.1 Å². The van der Waals surface area contributed by atoms with Crippen molar-refractivity contribution in [3.05, 3.63) is 63.5 Å². The number of Topliss-reactive ketones (excluding diaryl/α,β-unsaturated/α-hetero) is 1. The van der Waals surface area contributed by atoms with Gasteiger partial charge < -0.3 is 0 Å². The van der Waals surface area contributed by atoms with Crippen LogP contribution in [-0.4, -0.2) is 10.8 Å². The van der Waals surface area contributed by atoms with Crippen LogP contribution in [0.4, 0.5) is 0 Å². The molecule has 0 unspecified atom stereocenters. The Morgan fingerprint density at radius 1 is 1.19 bits per heavy atom. The van der Waals surface area contributed by atoms with E-state index in [0.29, 0.717) is 6.42 Å². The number of aryl methyl sites for hydroxylation is 2. The number of nitrogens with zero attached hydrogens (tertiary/aromatic N) is 1. The van der Waals surface area contributed by atoms with E-state index in [4.69, 9.17) is 0 Å². The van der Waals surface area contributed by atoms with Crippen molar-refractivity contribution in [2.24, 2.45) is 0 Å². The molecule has 0 aliphatic heterocycles. The van der Waals surface area contributed by atoms with Crippen molar-refractivity contribution in [2.45, 2.75) is 25.7 Å². The van der Waals surface area contributed by atoms with Crippen LogP contribution in [0, 0.1) is 0 Å². The van der Waals surface area contributed by atoms with Crippen LogP contribution in [0.3, 0.4) is 0 Å². The Labute approximate surface area is 127 Å². The monoisotopic (exact) mass is 293 g/mol. The number of carbonyl (C=O) groups excluding carboxylic acids is 1. The second-order valence-electron chi connectivity index (χ2n) is 5.50. The Morgan fingerprint density at radius 2 is 2.10 bits per heavy atom. The van der Waals surface area contributed by atoms with Crippen molar-refractivity contribution in [1.82, 2.24) is 4.98 Å². The van der Waals surface area contributed by atoms with Gasteiger partial charge >= 0.3 is 0 Å². The van der Waals surface area contributed by atoms with Crippen molar-refractivity contribution >= 4 is 28.0 Å². The third-order valence-electron chi connectivity index (χ3n) is 4.11. The zero-order valence-corrected chi connectivity index (χ0v) is 12.5.